The molecule has 29 heavy (non-hydrogen) atoms. The molecular formula is C26H29O2P. The lowest BCUT2D eigenvalue weighted by molar-refractivity contribution is 0.415. The fraction of sp³-hybridized carbons (Fsp3) is 0.231. The van der Waals surface area contributed by atoms with E-state index < -0.39 is 7.14 Å². The molecule has 0 N–H and O–H groups in total. The highest BCUT2D eigenvalue weighted by Crippen LogP contribution is 2.54. The van der Waals surface area contributed by atoms with Crippen molar-refractivity contribution in [2.75, 3.05) is 7.11 Å². The summed E-state index contributed by atoms with van der Waals surface area (Å²) >= 11 is 0. The Morgan fingerprint density at radius 3 is 1.86 bits per heavy atom. The van der Waals surface area contributed by atoms with Gasteiger partial charge in [0.05, 0.1) is 7.11 Å². The fourth-order valence-electron chi connectivity index (χ4n) is 3.78. The van der Waals surface area contributed by atoms with Gasteiger partial charge in [-0.15, -0.1) is 0 Å². The Kier molecular flexibility index (Phi) is 7.12. The Morgan fingerprint density at radius 2 is 1.41 bits per heavy atom. The van der Waals surface area contributed by atoms with Crippen LogP contribution in [-0.4, -0.2) is 12.8 Å². The lowest BCUT2D eigenvalue weighted by atomic mass is 10.0. The van der Waals surface area contributed by atoms with Crippen molar-refractivity contribution in [3.8, 4) is 5.75 Å². The second-order valence-corrected chi connectivity index (χ2v) is 10.2. The van der Waals surface area contributed by atoms with Crippen molar-refractivity contribution in [2.45, 2.75) is 31.8 Å². The van der Waals surface area contributed by atoms with Crippen molar-refractivity contribution in [3.63, 3.8) is 0 Å². The number of allylic oxidation sites excluding steroid dienone is 1. The van der Waals surface area contributed by atoms with Gasteiger partial charge in [0.2, 0.25) is 0 Å². The van der Waals surface area contributed by atoms with Gasteiger partial charge < -0.3 is 9.30 Å². The monoisotopic (exact) mass is 404 g/mol. The van der Waals surface area contributed by atoms with Crippen LogP contribution in [0.4, 0.5) is 0 Å². The first-order valence-corrected chi connectivity index (χ1v) is 11.9. The van der Waals surface area contributed by atoms with Crippen molar-refractivity contribution in [1.29, 1.82) is 0 Å². The number of rotatable bonds is 9. The Labute approximate surface area is 174 Å². The summed E-state index contributed by atoms with van der Waals surface area (Å²) in [4.78, 5) is 0. The Hall–Kier alpha value is -2.57. The zero-order chi connectivity index (χ0) is 20.7. The largest absolute Gasteiger partial charge is 0.497 e. The van der Waals surface area contributed by atoms with Gasteiger partial charge >= 0.3 is 0 Å². The van der Waals surface area contributed by atoms with Crippen LogP contribution in [-0.2, 0) is 4.57 Å². The predicted molar refractivity (Wildman–Crippen MR) is 125 cm³/mol. The zero-order valence-electron chi connectivity index (χ0n) is 17.3. The molecule has 0 heterocycles. The predicted octanol–water partition coefficient (Wildman–Crippen LogP) is 6.28. The van der Waals surface area contributed by atoms with E-state index in [1.165, 1.54) is 0 Å². The fourth-order valence-corrected chi connectivity index (χ4v) is 7.16. The molecule has 3 heteroatoms. The number of unbranched alkanes of at least 4 members (excludes halogenated alkanes) is 1. The normalized spacial score (nSPS) is 12.3. The van der Waals surface area contributed by atoms with Crippen LogP contribution in [0, 0.1) is 0 Å². The molecule has 0 fully saturated rings. The second-order valence-electron chi connectivity index (χ2n) is 7.24. The maximum atomic E-state index is 14.9. The third kappa shape index (κ3) is 4.54. The van der Waals surface area contributed by atoms with Gasteiger partial charge in [0.1, 0.15) is 12.9 Å². The van der Waals surface area contributed by atoms with E-state index in [0.29, 0.717) is 0 Å². The molecule has 0 aliphatic carbocycles. The van der Waals surface area contributed by atoms with Crippen molar-refractivity contribution in [3.05, 3.63) is 97.1 Å². The number of hydrogen-bond acceptors (Lipinski definition) is 2. The van der Waals surface area contributed by atoms with E-state index in [1.54, 1.807) is 7.11 Å². The Balaban J connectivity index is 2.13. The van der Waals surface area contributed by atoms with E-state index in [0.717, 1.165) is 46.8 Å². The van der Waals surface area contributed by atoms with Gasteiger partial charge in [0.25, 0.3) is 0 Å². The lowest BCUT2D eigenvalue weighted by Crippen LogP contribution is -2.27. The molecule has 0 unspecified atom stereocenters. The number of hydrogen-bond donors (Lipinski definition) is 0. The van der Waals surface area contributed by atoms with E-state index in [9.17, 15) is 4.57 Å². The van der Waals surface area contributed by atoms with E-state index in [1.807, 2.05) is 84.9 Å². The molecule has 3 rings (SSSR count). The standard InChI is InChI=1S/C26H29O2P/c1-4-5-16-26(21(2)22-17-19-23(28-3)20-18-22)29(27,24-12-8-6-9-13-24)25-14-10-7-11-15-25/h6-15,17-20,26H,2,4-5,16H2,1,3H3/t26-/m0/s1. The minimum Gasteiger partial charge on any atom is -0.497 e. The molecule has 0 aromatic heterocycles. The summed E-state index contributed by atoms with van der Waals surface area (Å²) < 4.78 is 20.2. The zero-order valence-corrected chi connectivity index (χ0v) is 18.1. The third-order valence-corrected chi connectivity index (χ3v) is 8.99. The van der Waals surface area contributed by atoms with E-state index in [-0.39, 0.29) is 5.66 Å². The van der Waals surface area contributed by atoms with Crippen LogP contribution >= 0.6 is 7.14 Å². The molecule has 3 aromatic carbocycles. The minimum atomic E-state index is -2.94. The Morgan fingerprint density at radius 1 is 0.897 bits per heavy atom. The van der Waals surface area contributed by atoms with Crippen LogP contribution in [0.3, 0.4) is 0 Å². The minimum absolute atomic E-state index is 0.152. The smallest absolute Gasteiger partial charge is 0.150 e. The molecule has 0 saturated carbocycles. The Bertz CT molecular complexity index is 919. The topological polar surface area (TPSA) is 26.3 Å². The van der Waals surface area contributed by atoms with Gasteiger partial charge in [0, 0.05) is 16.3 Å². The molecule has 0 radical (unpaired) electrons. The third-order valence-electron chi connectivity index (χ3n) is 5.41. The van der Waals surface area contributed by atoms with Crippen molar-refractivity contribution in [2.24, 2.45) is 0 Å². The lowest BCUT2D eigenvalue weighted by Gasteiger charge is -2.31. The van der Waals surface area contributed by atoms with Gasteiger partial charge in [-0.25, -0.2) is 0 Å². The maximum Gasteiger partial charge on any atom is 0.150 e. The SMILES string of the molecule is C=C(c1ccc(OC)cc1)[C@H](CCCC)P(=O)(c1ccccc1)c1ccccc1. The summed E-state index contributed by atoms with van der Waals surface area (Å²) in [5, 5.41) is 1.78. The molecule has 150 valence electrons. The van der Waals surface area contributed by atoms with E-state index >= 15 is 0 Å². The van der Waals surface area contributed by atoms with Crippen molar-refractivity contribution in [1.82, 2.24) is 0 Å². The van der Waals surface area contributed by atoms with Gasteiger partial charge in [0.15, 0.2) is 0 Å². The van der Waals surface area contributed by atoms with Crippen LogP contribution < -0.4 is 15.3 Å². The van der Waals surface area contributed by atoms with Crippen LogP contribution in [0.15, 0.2) is 91.5 Å². The second kappa shape index (κ2) is 9.76. The van der Waals surface area contributed by atoms with Crippen LogP contribution in [0.5, 0.6) is 5.75 Å². The van der Waals surface area contributed by atoms with E-state index in [2.05, 4.69) is 13.5 Å². The maximum absolute atomic E-state index is 14.9. The first-order valence-electron chi connectivity index (χ1n) is 10.2. The highest BCUT2D eigenvalue weighted by atomic mass is 31.2. The average Bonchev–Trinajstić information content (AvgIpc) is 2.80. The highest BCUT2D eigenvalue weighted by Gasteiger charge is 2.38. The van der Waals surface area contributed by atoms with Gasteiger partial charge in [-0.3, -0.25) is 0 Å². The summed E-state index contributed by atoms with van der Waals surface area (Å²) in [5.41, 5.74) is 1.79. The van der Waals surface area contributed by atoms with Crippen LogP contribution in [0.25, 0.3) is 5.57 Å². The average molecular weight is 404 g/mol. The van der Waals surface area contributed by atoms with Gasteiger partial charge in [-0.1, -0.05) is 99.1 Å². The summed E-state index contributed by atoms with van der Waals surface area (Å²) in [6, 6.07) is 27.7. The number of ether oxygens (including phenoxy) is 1. The van der Waals surface area contributed by atoms with Gasteiger partial charge in [-0.2, -0.15) is 0 Å². The molecule has 0 spiro atoms. The number of benzene rings is 3. The molecule has 0 amide bonds. The van der Waals surface area contributed by atoms with Crippen LogP contribution in [0.2, 0.25) is 0 Å². The molecular weight excluding hydrogens is 375 g/mol. The molecule has 3 aromatic rings. The molecule has 1 atom stereocenters. The first kappa shape index (κ1) is 21.1. The number of methoxy groups -OCH3 is 1. The molecule has 0 aliphatic heterocycles. The van der Waals surface area contributed by atoms with Crippen molar-refractivity contribution < 1.29 is 9.30 Å². The summed E-state index contributed by atoms with van der Waals surface area (Å²) in [5.74, 6) is 0.806. The van der Waals surface area contributed by atoms with Crippen LogP contribution in [0.1, 0.15) is 31.7 Å². The van der Waals surface area contributed by atoms with E-state index in [4.69, 9.17) is 4.74 Å². The quantitative estimate of drug-likeness (QED) is 0.392. The first-order chi connectivity index (χ1) is 14.1. The molecule has 2 nitrogen and oxygen atoms in total. The molecule has 0 saturated heterocycles. The summed E-state index contributed by atoms with van der Waals surface area (Å²) in [7, 11) is -1.28. The summed E-state index contributed by atoms with van der Waals surface area (Å²) in [6.07, 6.45) is 2.89. The molecule has 0 aliphatic rings. The van der Waals surface area contributed by atoms with Crippen molar-refractivity contribution >= 4 is 23.3 Å². The highest BCUT2D eigenvalue weighted by molar-refractivity contribution is 7.79. The van der Waals surface area contributed by atoms with Gasteiger partial charge in [-0.05, 0) is 29.7 Å². The summed E-state index contributed by atoms with van der Waals surface area (Å²) in [6.45, 7) is 6.61. The molecule has 0 bridgehead atoms.